The van der Waals surface area contributed by atoms with E-state index in [1.54, 1.807) is 0 Å². The van der Waals surface area contributed by atoms with Gasteiger partial charge >= 0.3 is 0 Å². The van der Waals surface area contributed by atoms with Crippen molar-refractivity contribution in [1.29, 1.82) is 0 Å². The van der Waals surface area contributed by atoms with Crippen molar-refractivity contribution >= 4 is 24.2 Å². The van der Waals surface area contributed by atoms with Gasteiger partial charge in [0.1, 0.15) is 6.04 Å². The van der Waals surface area contributed by atoms with Gasteiger partial charge in [0, 0.05) is 6.42 Å². The maximum Gasteiger partial charge on any atom is 0.240 e. The zero-order chi connectivity index (χ0) is 14.4. The molecule has 0 aromatic heterocycles. The van der Waals surface area contributed by atoms with Crippen molar-refractivity contribution in [2.24, 2.45) is 17.4 Å². The molecule has 0 saturated carbocycles. The van der Waals surface area contributed by atoms with Gasteiger partial charge < -0.3 is 16.8 Å². The van der Waals surface area contributed by atoms with Crippen molar-refractivity contribution in [1.82, 2.24) is 5.32 Å². The van der Waals surface area contributed by atoms with E-state index in [2.05, 4.69) is 5.32 Å². The lowest BCUT2D eigenvalue weighted by atomic mass is 10.0. The molecule has 0 aliphatic carbocycles. The number of hydrogen-bond acceptors (Lipinski definition) is 3. The largest absolute Gasteiger partial charge is 0.368 e. The molecular weight excluding hydrogens is 278 g/mol. The summed E-state index contributed by atoms with van der Waals surface area (Å²) in [7, 11) is 0. The minimum atomic E-state index is -0.736. The Morgan fingerprint density at radius 2 is 1.75 bits per heavy atom. The van der Waals surface area contributed by atoms with Crippen LogP contribution in [0.4, 0.5) is 0 Å². The Hall–Kier alpha value is -1.59. The van der Waals surface area contributed by atoms with Crippen LogP contribution in [0.2, 0.25) is 0 Å². The third kappa shape index (κ3) is 5.59. The number of rotatable bonds is 6. The van der Waals surface area contributed by atoms with Gasteiger partial charge in [-0.05, 0) is 11.5 Å². The smallest absolute Gasteiger partial charge is 0.240 e. The van der Waals surface area contributed by atoms with Gasteiger partial charge in [0.05, 0.1) is 6.04 Å². The molecular formula is C14H22ClN3O2. The van der Waals surface area contributed by atoms with Gasteiger partial charge in [-0.25, -0.2) is 0 Å². The first-order chi connectivity index (χ1) is 8.91. The first-order valence-electron chi connectivity index (χ1n) is 6.31. The van der Waals surface area contributed by atoms with Crippen molar-refractivity contribution < 1.29 is 9.59 Å². The predicted molar refractivity (Wildman–Crippen MR) is 81.3 cm³/mol. The fourth-order valence-corrected chi connectivity index (χ4v) is 1.64. The van der Waals surface area contributed by atoms with Crippen LogP contribution in [0, 0.1) is 5.92 Å². The number of benzene rings is 1. The standard InChI is InChI=1S/C14H21N3O2.ClH/c1-9(2)12(15)14(19)17-11(13(16)18)8-10-6-4-3-5-7-10;/h3-7,9,11-12H,8,15H2,1-2H3,(H2,16,18)(H,17,19);1H. The molecule has 112 valence electrons. The van der Waals surface area contributed by atoms with E-state index in [4.69, 9.17) is 11.5 Å². The van der Waals surface area contributed by atoms with Gasteiger partial charge in [-0.1, -0.05) is 44.2 Å². The van der Waals surface area contributed by atoms with Crippen LogP contribution in [0.1, 0.15) is 19.4 Å². The molecule has 2 unspecified atom stereocenters. The van der Waals surface area contributed by atoms with Gasteiger partial charge in [-0.15, -0.1) is 12.4 Å². The SMILES string of the molecule is CC(C)C(N)C(=O)NC(Cc1ccccc1)C(N)=O.Cl. The van der Waals surface area contributed by atoms with Crippen LogP contribution >= 0.6 is 12.4 Å². The highest BCUT2D eigenvalue weighted by Gasteiger charge is 2.23. The van der Waals surface area contributed by atoms with Crippen LogP contribution in [0.15, 0.2) is 30.3 Å². The van der Waals surface area contributed by atoms with Crippen LogP contribution in [0.25, 0.3) is 0 Å². The average molecular weight is 300 g/mol. The molecule has 0 radical (unpaired) electrons. The van der Waals surface area contributed by atoms with Crippen LogP contribution in [-0.4, -0.2) is 23.9 Å². The highest BCUT2D eigenvalue weighted by molar-refractivity contribution is 5.89. The second kappa shape index (κ2) is 8.55. The summed E-state index contributed by atoms with van der Waals surface area (Å²) in [5, 5.41) is 2.61. The molecule has 0 heterocycles. The minimum absolute atomic E-state index is 0. The number of primary amides is 1. The number of hydrogen-bond donors (Lipinski definition) is 3. The first kappa shape index (κ1) is 18.4. The molecule has 2 amide bonds. The topological polar surface area (TPSA) is 98.2 Å². The maximum atomic E-state index is 11.8. The molecule has 0 spiro atoms. The Bertz CT molecular complexity index is 437. The van der Waals surface area contributed by atoms with Crippen LogP contribution in [0.3, 0.4) is 0 Å². The monoisotopic (exact) mass is 299 g/mol. The highest BCUT2D eigenvalue weighted by atomic mass is 35.5. The lowest BCUT2D eigenvalue weighted by Crippen LogP contribution is -2.52. The molecule has 1 rings (SSSR count). The summed E-state index contributed by atoms with van der Waals surface area (Å²) in [6, 6.07) is 8.01. The van der Waals surface area contributed by atoms with E-state index in [-0.39, 0.29) is 24.2 Å². The molecule has 5 N–H and O–H groups in total. The fourth-order valence-electron chi connectivity index (χ4n) is 1.64. The Labute approximate surface area is 125 Å². The average Bonchev–Trinajstić information content (AvgIpc) is 2.37. The van der Waals surface area contributed by atoms with E-state index < -0.39 is 18.0 Å². The highest BCUT2D eigenvalue weighted by Crippen LogP contribution is 2.04. The summed E-state index contributed by atoms with van der Waals surface area (Å²) in [6.07, 6.45) is 0.368. The van der Waals surface area contributed by atoms with Crippen molar-refractivity contribution in [3.8, 4) is 0 Å². The van der Waals surface area contributed by atoms with E-state index in [9.17, 15) is 9.59 Å². The number of amides is 2. The molecule has 0 aliphatic heterocycles. The van der Waals surface area contributed by atoms with Gasteiger partial charge in [-0.3, -0.25) is 9.59 Å². The Balaban J connectivity index is 0.00000361. The molecule has 2 atom stereocenters. The van der Waals surface area contributed by atoms with Crippen molar-refractivity contribution in [3.63, 3.8) is 0 Å². The quantitative estimate of drug-likeness (QED) is 0.717. The third-order valence-corrected chi connectivity index (χ3v) is 2.96. The number of carbonyl (C=O) groups is 2. The van der Waals surface area contributed by atoms with Crippen molar-refractivity contribution in [2.45, 2.75) is 32.4 Å². The fraction of sp³-hybridized carbons (Fsp3) is 0.429. The molecule has 0 saturated heterocycles. The summed E-state index contributed by atoms with van der Waals surface area (Å²) >= 11 is 0. The molecule has 5 nitrogen and oxygen atoms in total. The summed E-state index contributed by atoms with van der Waals surface area (Å²) < 4.78 is 0. The molecule has 6 heteroatoms. The normalized spacial score (nSPS) is 13.2. The molecule has 0 bridgehead atoms. The number of halogens is 1. The molecule has 1 aromatic rings. The van der Waals surface area contributed by atoms with Crippen LogP contribution in [0.5, 0.6) is 0 Å². The first-order valence-corrected chi connectivity index (χ1v) is 6.31. The molecule has 0 fully saturated rings. The Morgan fingerprint density at radius 3 is 2.20 bits per heavy atom. The Kier molecular flexibility index (Phi) is 7.87. The number of carbonyl (C=O) groups excluding carboxylic acids is 2. The van der Waals surface area contributed by atoms with E-state index in [0.29, 0.717) is 6.42 Å². The van der Waals surface area contributed by atoms with E-state index in [0.717, 1.165) is 5.56 Å². The maximum absolute atomic E-state index is 11.8. The van der Waals surface area contributed by atoms with E-state index in [1.807, 2.05) is 44.2 Å². The number of nitrogens with two attached hydrogens (primary N) is 2. The third-order valence-electron chi connectivity index (χ3n) is 2.96. The molecule has 1 aromatic carbocycles. The second-order valence-electron chi connectivity index (χ2n) is 4.92. The zero-order valence-electron chi connectivity index (χ0n) is 11.7. The molecule has 0 aliphatic rings. The van der Waals surface area contributed by atoms with Crippen LogP contribution in [-0.2, 0) is 16.0 Å². The lowest BCUT2D eigenvalue weighted by molar-refractivity contribution is -0.128. The number of nitrogens with one attached hydrogen (secondary N) is 1. The van der Waals surface area contributed by atoms with Gasteiger partial charge in [0.15, 0.2) is 0 Å². The summed E-state index contributed by atoms with van der Waals surface area (Å²) in [5.74, 6) is -0.909. The van der Waals surface area contributed by atoms with Crippen molar-refractivity contribution in [2.75, 3.05) is 0 Å². The predicted octanol–water partition coefficient (Wildman–Crippen LogP) is 0.604. The van der Waals surface area contributed by atoms with Crippen LogP contribution < -0.4 is 16.8 Å². The van der Waals surface area contributed by atoms with E-state index >= 15 is 0 Å². The van der Waals surface area contributed by atoms with Gasteiger partial charge in [0.25, 0.3) is 0 Å². The van der Waals surface area contributed by atoms with Crippen molar-refractivity contribution in [3.05, 3.63) is 35.9 Å². The second-order valence-corrected chi connectivity index (χ2v) is 4.92. The minimum Gasteiger partial charge on any atom is -0.368 e. The lowest BCUT2D eigenvalue weighted by Gasteiger charge is -2.20. The van der Waals surface area contributed by atoms with E-state index in [1.165, 1.54) is 0 Å². The summed E-state index contributed by atoms with van der Waals surface area (Å²) in [4.78, 5) is 23.2. The molecule has 20 heavy (non-hydrogen) atoms. The summed E-state index contributed by atoms with van der Waals surface area (Å²) in [6.45, 7) is 3.70. The van der Waals surface area contributed by atoms with Gasteiger partial charge in [-0.2, -0.15) is 0 Å². The summed E-state index contributed by atoms with van der Waals surface area (Å²) in [5.41, 5.74) is 12.0. The Morgan fingerprint density at radius 1 is 1.20 bits per heavy atom. The zero-order valence-corrected chi connectivity index (χ0v) is 12.5. The van der Waals surface area contributed by atoms with Gasteiger partial charge in [0.2, 0.25) is 11.8 Å².